The molecule has 0 aliphatic carbocycles. The highest BCUT2D eigenvalue weighted by Gasteiger charge is 2.16. The fraction of sp³-hybridized carbons (Fsp3) is 0.261. The molecule has 1 heterocycles. The summed E-state index contributed by atoms with van der Waals surface area (Å²) in [7, 11) is 0. The van der Waals surface area contributed by atoms with Crippen LogP contribution < -0.4 is 10.9 Å². The van der Waals surface area contributed by atoms with Crippen LogP contribution in [0.5, 0.6) is 0 Å². The van der Waals surface area contributed by atoms with Gasteiger partial charge in [-0.25, -0.2) is 0 Å². The first-order chi connectivity index (χ1) is 14.0. The number of carbonyl (C=O) groups excluding carboxylic acids is 1. The molecule has 1 atom stereocenters. The molecule has 1 aromatic heterocycles. The third-order valence-electron chi connectivity index (χ3n) is 4.62. The standard InChI is InChI=1S/C23H25N3O2S/c1-4-18-7-9-19(10-8-18)15-24-23(28)17(3)29-21-13-14-22(27)26(25-21)20-11-5-16(2)6-12-20/h5-14,17H,4,15H2,1-3H3,(H,24,28). The van der Waals surface area contributed by atoms with E-state index in [1.165, 1.54) is 28.1 Å². The van der Waals surface area contributed by atoms with Gasteiger partial charge in [0.1, 0.15) is 5.03 Å². The van der Waals surface area contributed by atoms with Gasteiger partial charge >= 0.3 is 0 Å². The lowest BCUT2D eigenvalue weighted by molar-refractivity contribution is -0.120. The fourth-order valence-electron chi connectivity index (χ4n) is 2.79. The average molecular weight is 408 g/mol. The van der Waals surface area contributed by atoms with E-state index in [1.54, 1.807) is 6.07 Å². The number of thioether (sulfide) groups is 1. The van der Waals surface area contributed by atoms with Crippen molar-refractivity contribution in [1.29, 1.82) is 0 Å². The smallest absolute Gasteiger partial charge is 0.271 e. The summed E-state index contributed by atoms with van der Waals surface area (Å²) in [5, 5.41) is 7.68. The average Bonchev–Trinajstić information content (AvgIpc) is 2.74. The number of aromatic nitrogens is 2. The minimum atomic E-state index is -0.332. The second-order valence-electron chi connectivity index (χ2n) is 6.91. The van der Waals surface area contributed by atoms with Crippen LogP contribution in [-0.4, -0.2) is 20.9 Å². The third kappa shape index (κ3) is 5.57. The van der Waals surface area contributed by atoms with Crippen molar-refractivity contribution in [3.8, 4) is 5.69 Å². The van der Waals surface area contributed by atoms with Crippen molar-refractivity contribution in [2.45, 2.75) is 44.0 Å². The van der Waals surface area contributed by atoms with Crippen LogP contribution in [-0.2, 0) is 17.8 Å². The number of amides is 1. The lowest BCUT2D eigenvalue weighted by Gasteiger charge is -2.13. The summed E-state index contributed by atoms with van der Waals surface area (Å²) in [5.74, 6) is -0.0653. The number of hydrogen-bond donors (Lipinski definition) is 1. The molecule has 0 radical (unpaired) electrons. The monoisotopic (exact) mass is 407 g/mol. The number of carbonyl (C=O) groups is 1. The van der Waals surface area contributed by atoms with Gasteiger partial charge in [0, 0.05) is 12.6 Å². The van der Waals surface area contributed by atoms with Gasteiger partial charge in [-0.1, -0.05) is 60.6 Å². The lowest BCUT2D eigenvalue weighted by Crippen LogP contribution is -2.30. The maximum atomic E-state index is 12.5. The molecule has 29 heavy (non-hydrogen) atoms. The van der Waals surface area contributed by atoms with Gasteiger partial charge in [0.05, 0.1) is 10.9 Å². The summed E-state index contributed by atoms with van der Waals surface area (Å²) in [6.07, 6.45) is 0.998. The topological polar surface area (TPSA) is 64.0 Å². The molecule has 0 fully saturated rings. The van der Waals surface area contributed by atoms with E-state index in [1.807, 2.05) is 50.2 Å². The van der Waals surface area contributed by atoms with Gasteiger partial charge in [0.15, 0.2) is 0 Å². The summed E-state index contributed by atoms with van der Waals surface area (Å²) in [5.41, 5.74) is 3.96. The molecule has 0 aliphatic heterocycles. The zero-order chi connectivity index (χ0) is 20.8. The molecule has 0 saturated heterocycles. The minimum absolute atomic E-state index is 0.0653. The van der Waals surface area contributed by atoms with E-state index in [4.69, 9.17) is 0 Å². The zero-order valence-electron chi connectivity index (χ0n) is 16.9. The van der Waals surface area contributed by atoms with Gasteiger partial charge in [-0.05, 0) is 49.6 Å². The van der Waals surface area contributed by atoms with Crippen LogP contribution in [0.25, 0.3) is 5.69 Å². The fourth-order valence-corrected chi connectivity index (χ4v) is 3.62. The Hall–Kier alpha value is -2.86. The van der Waals surface area contributed by atoms with Crippen molar-refractivity contribution >= 4 is 17.7 Å². The highest BCUT2D eigenvalue weighted by Crippen LogP contribution is 2.21. The molecule has 3 rings (SSSR count). The summed E-state index contributed by atoms with van der Waals surface area (Å²) < 4.78 is 1.36. The van der Waals surface area contributed by atoms with Crippen LogP contribution in [0, 0.1) is 6.92 Å². The Labute approximate surface area is 175 Å². The Kier molecular flexibility index (Phi) is 6.88. The number of hydrogen-bond acceptors (Lipinski definition) is 4. The first-order valence-electron chi connectivity index (χ1n) is 9.66. The highest BCUT2D eigenvalue weighted by molar-refractivity contribution is 8.00. The predicted octanol–water partition coefficient (Wildman–Crippen LogP) is 3.90. The molecule has 150 valence electrons. The molecule has 0 spiro atoms. The summed E-state index contributed by atoms with van der Waals surface area (Å²) in [6, 6.07) is 19.0. The van der Waals surface area contributed by atoms with Crippen LogP contribution in [0.1, 0.15) is 30.5 Å². The van der Waals surface area contributed by atoms with Gasteiger partial charge in [0.25, 0.3) is 5.56 Å². The summed E-state index contributed by atoms with van der Waals surface area (Å²) in [4.78, 5) is 24.7. The maximum Gasteiger partial charge on any atom is 0.271 e. The second-order valence-corrected chi connectivity index (χ2v) is 8.27. The molecule has 3 aromatic rings. The maximum absolute atomic E-state index is 12.5. The zero-order valence-corrected chi connectivity index (χ0v) is 17.7. The Morgan fingerprint density at radius 3 is 2.34 bits per heavy atom. The second kappa shape index (κ2) is 9.56. The Balaban J connectivity index is 1.64. The molecule has 5 nitrogen and oxygen atoms in total. The summed E-state index contributed by atoms with van der Waals surface area (Å²) >= 11 is 1.33. The Morgan fingerprint density at radius 2 is 1.69 bits per heavy atom. The van der Waals surface area contributed by atoms with E-state index in [2.05, 4.69) is 29.5 Å². The van der Waals surface area contributed by atoms with Crippen molar-refractivity contribution in [3.05, 3.63) is 87.7 Å². The van der Waals surface area contributed by atoms with Crippen LogP contribution in [0.2, 0.25) is 0 Å². The van der Waals surface area contributed by atoms with Crippen molar-refractivity contribution in [3.63, 3.8) is 0 Å². The predicted molar refractivity (Wildman–Crippen MR) is 118 cm³/mol. The molecule has 1 N–H and O–H groups in total. The van der Waals surface area contributed by atoms with E-state index in [0.29, 0.717) is 17.3 Å². The van der Waals surface area contributed by atoms with Gasteiger partial charge in [-0.2, -0.15) is 9.78 Å². The molecular weight excluding hydrogens is 382 g/mol. The first kappa shape index (κ1) is 20.9. The Morgan fingerprint density at radius 1 is 1.03 bits per heavy atom. The number of rotatable bonds is 7. The number of nitrogens with zero attached hydrogens (tertiary/aromatic N) is 2. The van der Waals surface area contributed by atoms with Crippen molar-refractivity contribution in [2.24, 2.45) is 0 Å². The highest BCUT2D eigenvalue weighted by atomic mass is 32.2. The van der Waals surface area contributed by atoms with E-state index in [9.17, 15) is 9.59 Å². The van der Waals surface area contributed by atoms with Gasteiger partial charge in [-0.15, -0.1) is 0 Å². The van der Waals surface area contributed by atoms with Crippen LogP contribution >= 0.6 is 11.8 Å². The summed E-state index contributed by atoms with van der Waals surface area (Å²) in [6.45, 7) is 6.43. The molecule has 1 amide bonds. The number of nitrogens with one attached hydrogen (secondary N) is 1. The molecule has 6 heteroatoms. The molecule has 1 unspecified atom stereocenters. The van der Waals surface area contributed by atoms with E-state index >= 15 is 0 Å². The Bertz CT molecular complexity index is 1030. The van der Waals surface area contributed by atoms with Crippen molar-refractivity contribution in [1.82, 2.24) is 15.1 Å². The molecule has 0 saturated carbocycles. The van der Waals surface area contributed by atoms with Crippen molar-refractivity contribution in [2.75, 3.05) is 0 Å². The van der Waals surface area contributed by atoms with E-state index in [-0.39, 0.29) is 16.7 Å². The lowest BCUT2D eigenvalue weighted by atomic mass is 10.1. The molecule has 0 bridgehead atoms. The van der Waals surface area contributed by atoms with E-state index < -0.39 is 0 Å². The first-order valence-corrected chi connectivity index (χ1v) is 10.5. The van der Waals surface area contributed by atoms with Crippen LogP contribution in [0.3, 0.4) is 0 Å². The molecule has 2 aromatic carbocycles. The van der Waals surface area contributed by atoms with Gasteiger partial charge in [0.2, 0.25) is 5.91 Å². The quantitative estimate of drug-likeness (QED) is 0.604. The number of benzene rings is 2. The van der Waals surface area contributed by atoms with Gasteiger partial charge < -0.3 is 5.32 Å². The molecule has 0 aliphatic rings. The normalized spacial score (nSPS) is 11.8. The van der Waals surface area contributed by atoms with Gasteiger partial charge in [-0.3, -0.25) is 9.59 Å². The van der Waals surface area contributed by atoms with Crippen LogP contribution in [0.15, 0.2) is 70.5 Å². The third-order valence-corrected chi connectivity index (χ3v) is 5.65. The number of aryl methyl sites for hydroxylation is 2. The SMILES string of the molecule is CCc1ccc(CNC(=O)C(C)Sc2ccc(=O)n(-c3ccc(C)cc3)n2)cc1. The largest absolute Gasteiger partial charge is 0.351 e. The van der Waals surface area contributed by atoms with Crippen LogP contribution in [0.4, 0.5) is 0 Å². The van der Waals surface area contributed by atoms with Crippen molar-refractivity contribution < 1.29 is 4.79 Å². The minimum Gasteiger partial charge on any atom is -0.351 e. The van der Waals surface area contributed by atoms with E-state index in [0.717, 1.165) is 17.5 Å². The molecular formula is C23H25N3O2S.